The van der Waals surface area contributed by atoms with Crippen LogP contribution < -0.4 is 10.9 Å². The van der Waals surface area contributed by atoms with Crippen LogP contribution in [0, 0.1) is 0 Å². The van der Waals surface area contributed by atoms with Crippen LogP contribution in [0.15, 0.2) is 40.4 Å². The van der Waals surface area contributed by atoms with Crippen molar-refractivity contribution in [3.63, 3.8) is 0 Å². The van der Waals surface area contributed by atoms with E-state index in [1.54, 1.807) is 27.6 Å². The van der Waals surface area contributed by atoms with Crippen LogP contribution in [0.5, 0.6) is 0 Å². The molecular formula is C22H26ClN5O2S. The number of amides is 1. The fourth-order valence-corrected chi connectivity index (χ4v) is 4.79. The van der Waals surface area contributed by atoms with E-state index in [4.69, 9.17) is 11.6 Å². The number of aryl methyl sites for hydroxylation is 1. The predicted octanol–water partition coefficient (Wildman–Crippen LogP) is 3.86. The van der Waals surface area contributed by atoms with Gasteiger partial charge in [0.25, 0.3) is 5.56 Å². The molecule has 0 radical (unpaired) electrons. The summed E-state index contributed by atoms with van der Waals surface area (Å²) in [6.45, 7) is 2.95. The van der Waals surface area contributed by atoms with Crippen molar-refractivity contribution in [3.8, 4) is 0 Å². The molecule has 0 unspecified atom stereocenters. The number of thioether (sulfide) groups is 1. The summed E-state index contributed by atoms with van der Waals surface area (Å²) in [5.74, 6) is 0.199. The summed E-state index contributed by atoms with van der Waals surface area (Å²) >= 11 is 7.29. The molecular weight excluding hydrogens is 434 g/mol. The Kier molecular flexibility index (Phi) is 6.97. The summed E-state index contributed by atoms with van der Waals surface area (Å²) < 4.78 is 3.30. The topological polar surface area (TPSA) is 81.8 Å². The maximum absolute atomic E-state index is 13.2. The van der Waals surface area contributed by atoms with E-state index in [1.807, 2.05) is 19.1 Å². The van der Waals surface area contributed by atoms with E-state index >= 15 is 0 Å². The first-order chi connectivity index (χ1) is 15.0. The maximum Gasteiger partial charge on any atom is 0.282 e. The number of nitrogens with zero attached hydrogens (tertiary/aromatic N) is 4. The van der Waals surface area contributed by atoms with Crippen LogP contribution >= 0.6 is 23.4 Å². The van der Waals surface area contributed by atoms with Gasteiger partial charge in [0.2, 0.25) is 5.91 Å². The monoisotopic (exact) mass is 459 g/mol. The van der Waals surface area contributed by atoms with Crippen LogP contribution in [0.4, 0.5) is 0 Å². The predicted molar refractivity (Wildman–Crippen MR) is 124 cm³/mol. The van der Waals surface area contributed by atoms with Crippen molar-refractivity contribution in [1.82, 2.24) is 24.6 Å². The molecule has 9 heteroatoms. The molecule has 0 bridgehead atoms. The molecule has 1 aliphatic rings. The highest BCUT2D eigenvalue weighted by Crippen LogP contribution is 2.21. The number of carbonyl (C=O) groups excluding carboxylic acids is 1. The number of halogens is 1. The van der Waals surface area contributed by atoms with Crippen molar-refractivity contribution < 1.29 is 4.79 Å². The number of aromatic nitrogens is 4. The van der Waals surface area contributed by atoms with E-state index < -0.39 is 0 Å². The number of hydrogen-bond acceptors (Lipinski definition) is 5. The molecule has 4 rings (SSSR count). The van der Waals surface area contributed by atoms with Crippen LogP contribution in [0.3, 0.4) is 0 Å². The standard InChI is InChI=1S/C22H26ClN5O2S/c1-2-27-13-18-20(26-27)21(30)28(12-15-8-10-16(23)11-9-15)22(25-18)31-14-19(29)24-17-6-4-3-5-7-17/h8-11,13,17H,2-7,12,14H2,1H3,(H,24,29). The summed E-state index contributed by atoms with van der Waals surface area (Å²) in [5, 5.41) is 8.65. The van der Waals surface area contributed by atoms with Crippen molar-refractivity contribution >= 4 is 40.3 Å². The third-order valence-corrected chi connectivity index (χ3v) is 6.75. The lowest BCUT2D eigenvalue weighted by atomic mass is 9.95. The minimum absolute atomic E-state index is 0.0199. The largest absolute Gasteiger partial charge is 0.353 e. The fraction of sp³-hybridized carbons (Fsp3) is 0.455. The Hall–Kier alpha value is -2.32. The van der Waals surface area contributed by atoms with Crippen LogP contribution in [-0.2, 0) is 17.9 Å². The van der Waals surface area contributed by atoms with Gasteiger partial charge in [0.05, 0.1) is 18.5 Å². The van der Waals surface area contributed by atoms with E-state index in [0.717, 1.165) is 18.4 Å². The molecule has 1 aromatic carbocycles. The maximum atomic E-state index is 13.2. The van der Waals surface area contributed by atoms with E-state index in [-0.39, 0.29) is 23.3 Å². The van der Waals surface area contributed by atoms with E-state index in [1.165, 1.54) is 31.0 Å². The fourth-order valence-electron chi connectivity index (χ4n) is 3.85. The third-order valence-electron chi connectivity index (χ3n) is 5.52. The van der Waals surface area contributed by atoms with E-state index in [2.05, 4.69) is 15.4 Å². The van der Waals surface area contributed by atoms with Gasteiger partial charge in [0.1, 0.15) is 5.52 Å². The van der Waals surface area contributed by atoms with Crippen LogP contribution in [0.1, 0.15) is 44.6 Å². The third kappa shape index (κ3) is 5.30. The summed E-state index contributed by atoms with van der Waals surface area (Å²) in [6, 6.07) is 7.62. The molecule has 0 saturated heterocycles. The molecule has 1 amide bonds. The average molecular weight is 460 g/mol. The first kappa shape index (κ1) is 21.9. The van der Waals surface area contributed by atoms with Crippen molar-refractivity contribution in [2.24, 2.45) is 0 Å². The minimum Gasteiger partial charge on any atom is -0.353 e. The summed E-state index contributed by atoms with van der Waals surface area (Å²) in [7, 11) is 0. The van der Waals surface area contributed by atoms with Gasteiger partial charge in [-0.15, -0.1) is 0 Å². The second-order valence-electron chi connectivity index (χ2n) is 7.82. The lowest BCUT2D eigenvalue weighted by Gasteiger charge is -2.22. The molecule has 3 aromatic rings. The quantitative estimate of drug-likeness (QED) is 0.428. The van der Waals surface area contributed by atoms with Gasteiger partial charge in [-0.25, -0.2) is 4.98 Å². The first-order valence-electron chi connectivity index (χ1n) is 10.7. The smallest absolute Gasteiger partial charge is 0.282 e. The second-order valence-corrected chi connectivity index (χ2v) is 9.20. The van der Waals surface area contributed by atoms with Gasteiger partial charge >= 0.3 is 0 Å². The van der Waals surface area contributed by atoms with E-state index in [9.17, 15) is 9.59 Å². The molecule has 2 aromatic heterocycles. The Morgan fingerprint density at radius 2 is 1.97 bits per heavy atom. The number of hydrogen-bond donors (Lipinski definition) is 1. The molecule has 31 heavy (non-hydrogen) atoms. The number of rotatable bonds is 7. The SMILES string of the molecule is CCn1cc2nc(SCC(=O)NC3CCCCC3)n(Cc3ccc(Cl)cc3)c(=O)c2n1. The summed E-state index contributed by atoms with van der Waals surface area (Å²) in [6.07, 6.45) is 7.43. The first-order valence-corrected chi connectivity index (χ1v) is 12.0. The number of nitrogens with one attached hydrogen (secondary N) is 1. The van der Waals surface area contributed by atoms with Crippen molar-refractivity contribution in [3.05, 3.63) is 51.4 Å². The van der Waals surface area contributed by atoms with Crippen molar-refractivity contribution in [2.75, 3.05) is 5.75 Å². The highest BCUT2D eigenvalue weighted by molar-refractivity contribution is 7.99. The Balaban J connectivity index is 1.59. The molecule has 1 fully saturated rings. The Morgan fingerprint density at radius 1 is 1.23 bits per heavy atom. The van der Waals surface area contributed by atoms with E-state index in [0.29, 0.717) is 34.3 Å². The van der Waals surface area contributed by atoms with Gasteiger partial charge in [-0.1, -0.05) is 54.8 Å². The molecule has 2 heterocycles. The van der Waals surface area contributed by atoms with Crippen molar-refractivity contribution in [2.45, 2.75) is 63.3 Å². The normalized spacial score (nSPS) is 14.8. The molecule has 0 atom stereocenters. The van der Waals surface area contributed by atoms with Gasteiger partial charge in [-0.2, -0.15) is 5.10 Å². The molecule has 1 aliphatic carbocycles. The highest BCUT2D eigenvalue weighted by Gasteiger charge is 2.19. The van der Waals surface area contributed by atoms with Gasteiger partial charge in [0.15, 0.2) is 10.7 Å². The molecule has 7 nitrogen and oxygen atoms in total. The number of benzene rings is 1. The Bertz CT molecular complexity index is 1120. The van der Waals surface area contributed by atoms with Gasteiger partial charge in [-0.3, -0.25) is 18.8 Å². The van der Waals surface area contributed by atoms with Gasteiger partial charge in [0, 0.05) is 17.6 Å². The Morgan fingerprint density at radius 3 is 2.68 bits per heavy atom. The van der Waals surface area contributed by atoms with Gasteiger partial charge in [-0.05, 0) is 37.5 Å². The average Bonchev–Trinajstić information content (AvgIpc) is 3.20. The second kappa shape index (κ2) is 9.87. The molecule has 1 saturated carbocycles. The molecule has 0 aliphatic heterocycles. The Labute approximate surface area is 190 Å². The molecule has 164 valence electrons. The summed E-state index contributed by atoms with van der Waals surface area (Å²) in [5.41, 5.74) is 1.61. The number of carbonyl (C=O) groups is 1. The summed E-state index contributed by atoms with van der Waals surface area (Å²) in [4.78, 5) is 30.4. The van der Waals surface area contributed by atoms with Crippen LogP contribution in [0.25, 0.3) is 11.0 Å². The minimum atomic E-state index is -0.206. The zero-order valence-corrected chi connectivity index (χ0v) is 19.1. The van der Waals surface area contributed by atoms with Crippen molar-refractivity contribution in [1.29, 1.82) is 0 Å². The van der Waals surface area contributed by atoms with Crippen LogP contribution in [-0.4, -0.2) is 37.0 Å². The van der Waals surface area contributed by atoms with Crippen LogP contribution in [0.2, 0.25) is 5.02 Å². The molecule has 0 spiro atoms. The van der Waals surface area contributed by atoms with Gasteiger partial charge < -0.3 is 5.32 Å². The molecule has 1 N–H and O–H groups in total. The number of fused-ring (bicyclic) bond motifs is 1. The highest BCUT2D eigenvalue weighted by atomic mass is 35.5. The zero-order valence-electron chi connectivity index (χ0n) is 17.5. The lowest BCUT2D eigenvalue weighted by Crippen LogP contribution is -2.37. The lowest BCUT2D eigenvalue weighted by molar-refractivity contribution is -0.119. The zero-order chi connectivity index (χ0) is 21.8.